The van der Waals surface area contributed by atoms with E-state index in [9.17, 15) is 41.4 Å². The number of amides is 2. The maximum Gasteiger partial charge on any atom is 0.337 e. The molecule has 4 rings (SSSR count). The van der Waals surface area contributed by atoms with Gasteiger partial charge in [0.05, 0.1) is 30.6 Å². The Kier molecular flexibility index (Phi) is 9.51. The van der Waals surface area contributed by atoms with E-state index in [0.29, 0.717) is 11.1 Å². The largest absolute Gasteiger partial charge is 0.465 e. The van der Waals surface area contributed by atoms with E-state index in [1.165, 1.54) is 0 Å². The molecule has 0 aliphatic heterocycles. The first-order valence-corrected chi connectivity index (χ1v) is 12.7. The van der Waals surface area contributed by atoms with Crippen molar-refractivity contribution in [3.8, 4) is 0 Å². The summed E-state index contributed by atoms with van der Waals surface area (Å²) in [6.07, 6.45) is -1.75. The summed E-state index contributed by atoms with van der Waals surface area (Å²) in [4.78, 5) is 40.0. The highest BCUT2D eigenvalue weighted by Gasteiger charge is 2.32. The van der Waals surface area contributed by atoms with E-state index >= 15 is 0 Å². The van der Waals surface area contributed by atoms with Crippen molar-refractivity contribution in [3.05, 3.63) is 130 Å². The lowest BCUT2D eigenvalue weighted by molar-refractivity contribution is -0.126. The summed E-state index contributed by atoms with van der Waals surface area (Å²) in [5.74, 6) is -15.3. The van der Waals surface area contributed by atoms with Crippen LogP contribution in [0.4, 0.5) is 33.3 Å². The Balaban J connectivity index is 1.82. The maximum absolute atomic E-state index is 14.4. The number of carbonyl (C=O) groups excluding carboxylic acids is 3. The van der Waals surface area contributed by atoms with Crippen molar-refractivity contribution in [2.45, 2.75) is 19.1 Å². The highest BCUT2D eigenvalue weighted by Crippen LogP contribution is 2.32. The molecule has 2 amide bonds. The molecule has 222 valence electrons. The highest BCUT2D eigenvalue weighted by molar-refractivity contribution is 6.09. The number of hydrogen-bond acceptors (Lipinski definition) is 5. The van der Waals surface area contributed by atoms with Crippen LogP contribution in [0, 0.1) is 29.1 Å². The fourth-order valence-corrected chi connectivity index (χ4v) is 4.25. The Morgan fingerprint density at radius 3 is 1.88 bits per heavy atom. The lowest BCUT2D eigenvalue weighted by Crippen LogP contribution is -2.40. The zero-order valence-corrected chi connectivity index (χ0v) is 22.4. The molecule has 4 aromatic carbocycles. The molecule has 1 unspecified atom stereocenters. The Morgan fingerprint density at radius 1 is 0.791 bits per heavy atom. The molecule has 0 spiro atoms. The van der Waals surface area contributed by atoms with Gasteiger partial charge in [-0.3, -0.25) is 9.59 Å². The van der Waals surface area contributed by atoms with Crippen LogP contribution in [0.15, 0.2) is 78.9 Å². The van der Waals surface area contributed by atoms with E-state index in [4.69, 9.17) is 4.74 Å². The van der Waals surface area contributed by atoms with Crippen molar-refractivity contribution < 1.29 is 46.2 Å². The SMILES string of the molecule is COC(=O)c1ccc(NC(=O)c2c(F)c(F)c(F)c(F)c2F)c(N(Cc2ccccc2)C(=O)C(O)Cc2ccccc2)c1. The van der Waals surface area contributed by atoms with Gasteiger partial charge in [0.2, 0.25) is 5.82 Å². The van der Waals surface area contributed by atoms with Crippen LogP contribution in [0.3, 0.4) is 0 Å². The predicted octanol–water partition coefficient (Wildman–Crippen LogP) is 5.56. The number of carbonyl (C=O) groups is 3. The van der Waals surface area contributed by atoms with E-state index in [-0.39, 0.29) is 29.9 Å². The van der Waals surface area contributed by atoms with Gasteiger partial charge in [0, 0.05) is 6.42 Å². The molecule has 2 N–H and O–H groups in total. The first-order valence-electron chi connectivity index (χ1n) is 12.7. The number of aliphatic hydroxyl groups excluding tert-OH is 1. The van der Waals surface area contributed by atoms with E-state index in [2.05, 4.69) is 5.32 Å². The van der Waals surface area contributed by atoms with Crippen LogP contribution in [0.25, 0.3) is 0 Å². The molecule has 0 bridgehead atoms. The van der Waals surface area contributed by atoms with Crippen molar-refractivity contribution in [2.75, 3.05) is 17.3 Å². The molecule has 0 saturated heterocycles. The quantitative estimate of drug-likeness (QED) is 0.114. The summed E-state index contributed by atoms with van der Waals surface area (Å²) in [6, 6.07) is 20.3. The summed E-state index contributed by atoms with van der Waals surface area (Å²) in [5.41, 5.74) is -1.30. The lowest BCUT2D eigenvalue weighted by atomic mass is 10.0. The van der Waals surface area contributed by atoms with Gasteiger partial charge in [0.15, 0.2) is 23.3 Å². The molecule has 43 heavy (non-hydrogen) atoms. The number of hydrogen-bond donors (Lipinski definition) is 2. The van der Waals surface area contributed by atoms with Crippen LogP contribution in [0.1, 0.15) is 31.8 Å². The van der Waals surface area contributed by atoms with Gasteiger partial charge in [-0.15, -0.1) is 0 Å². The van der Waals surface area contributed by atoms with Crippen LogP contribution in [-0.4, -0.2) is 36.1 Å². The molecular formula is C31H23F5N2O5. The minimum atomic E-state index is -2.44. The van der Waals surface area contributed by atoms with Gasteiger partial charge in [-0.25, -0.2) is 26.7 Å². The Hall–Kier alpha value is -5.10. The monoisotopic (exact) mass is 598 g/mol. The third kappa shape index (κ3) is 6.70. The third-order valence-corrected chi connectivity index (χ3v) is 6.40. The van der Waals surface area contributed by atoms with Crippen molar-refractivity contribution in [1.29, 1.82) is 0 Å². The van der Waals surface area contributed by atoms with E-state index < -0.39 is 58.5 Å². The van der Waals surface area contributed by atoms with Gasteiger partial charge >= 0.3 is 5.97 Å². The zero-order chi connectivity index (χ0) is 31.3. The summed E-state index contributed by atoms with van der Waals surface area (Å²) in [7, 11) is 1.09. The van der Waals surface area contributed by atoms with Crippen LogP contribution in [0.2, 0.25) is 0 Å². The lowest BCUT2D eigenvalue weighted by Gasteiger charge is -2.28. The molecule has 0 aliphatic carbocycles. The normalized spacial score (nSPS) is 11.5. The predicted molar refractivity (Wildman–Crippen MR) is 146 cm³/mol. The molecule has 1 atom stereocenters. The second-order valence-corrected chi connectivity index (χ2v) is 9.24. The summed E-state index contributed by atoms with van der Waals surface area (Å²) >= 11 is 0. The molecule has 4 aromatic rings. The van der Waals surface area contributed by atoms with E-state index in [1.54, 1.807) is 60.7 Å². The number of methoxy groups -OCH3 is 1. The fourth-order valence-electron chi connectivity index (χ4n) is 4.25. The number of aliphatic hydroxyl groups is 1. The van der Waals surface area contributed by atoms with Gasteiger partial charge in [0.25, 0.3) is 11.8 Å². The maximum atomic E-state index is 14.4. The number of ether oxygens (including phenoxy) is 1. The number of halogens is 5. The van der Waals surface area contributed by atoms with Crippen LogP contribution in [0.5, 0.6) is 0 Å². The molecule has 0 fully saturated rings. The van der Waals surface area contributed by atoms with Crippen LogP contribution < -0.4 is 10.2 Å². The van der Waals surface area contributed by atoms with Gasteiger partial charge in [-0.05, 0) is 29.3 Å². The molecule has 7 nitrogen and oxygen atoms in total. The molecule has 0 radical (unpaired) electrons. The van der Waals surface area contributed by atoms with Gasteiger partial charge in [-0.1, -0.05) is 60.7 Å². The minimum absolute atomic E-state index is 0.116. The molecule has 0 heterocycles. The Labute approximate surface area is 242 Å². The number of nitrogens with zero attached hydrogens (tertiary/aromatic N) is 1. The number of rotatable bonds is 9. The van der Waals surface area contributed by atoms with Crippen molar-refractivity contribution in [2.24, 2.45) is 0 Å². The highest BCUT2D eigenvalue weighted by atomic mass is 19.2. The van der Waals surface area contributed by atoms with Crippen molar-refractivity contribution >= 4 is 29.2 Å². The average molecular weight is 599 g/mol. The molecule has 0 saturated carbocycles. The Morgan fingerprint density at radius 2 is 1.33 bits per heavy atom. The van der Waals surface area contributed by atoms with Crippen LogP contribution >= 0.6 is 0 Å². The second kappa shape index (κ2) is 13.3. The van der Waals surface area contributed by atoms with Crippen molar-refractivity contribution in [1.82, 2.24) is 0 Å². The standard InChI is InChI=1S/C31H23F5N2O5/c1-43-31(42)19-12-13-20(37-29(40)23-24(32)26(34)28(36)27(35)25(23)33)21(15-19)38(16-18-10-6-3-7-11-18)30(41)22(39)14-17-8-4-2-5-9-17/h2-13,15,22,39H,14,16H2,1H3,(H,37,40). The van der Waals surface area contributed by atoms with E-state index in [0.717, 1.165) is 30.2 Å². The topological polar surface area (TPSA) is 95.9 Å². The zero-order valence-electron chi connectivity index (χ0n) is 22.4. The summed E-state index contributed by atoms with van der Waals surface area (Å²) < 4.78 is 74.8. The molecule has 12 heteroatoms. The number of esters is 1. The second-order valence-electron chi connectivity index (χ2n) is 9.24. The first-order chi connectivity index (χ1) is 20.5. The smallest absolute Gasteiger partial charge is 0.337 e. The molecule has 0 aromatic heterocycles. The van der Waals surface area contributed by atoms with E-state index in [1.807, 2.05) is 0 Å². The third-order valence-electron chi connectivity index (χ3n) is 6.40. The average Bonchev–Trinajstić information content (AvgIpc) is 3.02. The number of benzene rings is 4. The van der Waals surface area contributed by atoms with Gasteiger partial charge < -0.3 is 20.1 Å². The van der Waals surface area contributed by atoms with Crippen molar-refractivity contribution in [3.63, 3.8) is 0 Å². The first kappa shape index (κ1) is 30.8. The summed E-state index contributed by atoms with van der Waals surface area (Å²) in [6.45, 7) is -0.221. The fraction of sp³-hybridized carbons (Fsp3) is 0.129. The molecular weight excluding hydrogens is 575 g/mol. The van der Waals surface area contributed by atoms with Gasteiger partial charge in [0.1, 0.15) is 11.7 Å². The number of anilines is 2. The van der Waals surface area contributed by atoms with Gasteiger partial charge in [-0.2, -0.15) is 0 Å². The summed E-state index contributed by atoms with van der Waals surface area (Å²) in [5, 5.41) is 13.0. The number of nitrogens with one attached hydrogen (secondary N) is 1. The molecule has 0 aliphatic rings. The Bertz CT molecular complexity index is 1640. The minimum Gasteiger partial charge on any atom is -0.465 e. The van der Waals surface area contributed by atoms with Crippen LogP contribution in [-0.2, 0) is 22.5 Å².